The monoisotopic (exact) mass is 565 g/mol. The molecule has 0 spiro atoms. The summed E-state index contributed by atoms with van der Waals surface area (Å²) < 4.78 is 27.1. The first-order chi connectivity index (χ1) is 17.7. The molecule has 6 nitrogen and oxygen atoms in total. The molecule has 194 valence electrons. The van der Waals surface area contributed by atoms with Crippen molar-refractivity contribution < 1.29 is 23.5 Å². The minimum Gasteiger partial charge on any atom is -0.371 e. The van der Waals surface area contributed by atoms with E-state index in [2.05, 4.69) is 10.3 Å². The van der Waals surface area contributed by atoms with Gasteiger partial charge < -0.3 is 15.3 Å². The molecule has 2 N–H and O–H groups in total. The lowest BCUT2D eigenvalue weighted by molar-refractivity contribution is -0.132. The number of fused-ring (bicyclic) bond motifs is 1. The number of amides is 2. The second kappa shape index (κ2) is 10.3. The Morgan fingerprint density at radius 2 is 1.92 bits per heavy atom. The molecule has 5 rings (SSSR count). The third-order valence-electron chi connectivity index (χ3n) is 7.03. The van der Waals surface area contributed by atoms with E-state index in [1.54, 1.807) is 29.2 Å². The molecule has 3 aromatic rings. The Balaban J connectivity index is 1.26. The molecule has 0 radical (unpaired) electrons. The van der Waals surface area contributed by atoms with Crippen LogP contribution in [0.1, 0.15) is 58.6 Å². The number of nitrogens with zero attached hydrogens (tertiary/aromatic N) is 2. The number of halogens is 4. The van der Waals surface area contributed by atoms with Crippen LogP contribution in [0.4, 0.5) is 14.5 Å². The molecule has 0 bridgehead atoms. The second-order valence-corrected chi connectivity index (χ2v) is 11.5. The van der Waals surface area contributed by atoms with Gasteiger partial charge in [0, 0.05) is 24.3 Å². The number of anilines is 1. The number of hydrogen-bond acceptors (Lipinski definition) is 5. The van der Waals surface area contributed by atoms with E-state index < -0.39 is 29.5 Å². The number of hydrogen-bond donors (Lipinski definition) is 2. The fraction of sp³-hybridized carbons (Fsp3) is 0.346. The lowest BCUT2D eigenvalue weighted by Gasteiger charge is -2.32. The predicted octanol–water partition coefficient (Wildman–Crippen LogP) is 5.96. The van der Waals surface area contributed by atoms with Gasteiger partial charge >= 0.3 is 0 Å². The SMILES string of the molecule is O=C(N[C@H]1CC[C@H](CN2C(=O)C(O)(c3ccc(Cl)s3)c3ccccc32)CC1)c1cc(Cl)cnc1C(F)F. The fourth-order valence-corrected chi connectivity index (χ4v) is 6.48. The number of aliphatic hydroxyl groups is 1. The van der Waals surface area contributed by atoms with Gasteiger partial charge in [-0.3, -0.25) is 14.6 Å². The first kappa shape index (κ1) is 26.0. The van der Waals surface area contributed by atoms with Crippen LogP contribution < -0.4 is 10.2 Å². The highest BCUT2D eigenvalue weighted by molar-refractivity contribution is 7.16. The van der Waals surface area contributed by atoms with Crippen LogP contribution in [0.3, 0.4) is 0 Å². The Labute approximate surface area is 226 Å². The van der Waals surface area contributed by atoms with Crippen molar-refractivity contribution in [1.82, 2.24) is 10.3 Å². The minimum atomic E-state index is -2.89. The Morgan fingerprint density at radius 1 is 1.19 bits per heavy atom. The average molecular weight is 566 g/mol. The number of para-hydroxylation sites is 1. The third kappa shape index (κ3) is 4.85. The first-order valence-corrected chi connectivity index (χ1v) is 13.4. The smallest absolute Gasteiger partial charge is 0.281 e. The summed E-state index contributed by atoms with van der Waals surface area (Å²) in [5.74, 6) is -0.892. The molecular weight excluding hydrogens is 543 g/mol. The molecule has 37 heavy (non-hydrogen) atoms. The Bertz CT molecular complexity index is 1350. The zero-order valence-corrected chi connectivity index (χ0v) is 21.8. The van der Waals surface area contributed by atoms with Gasteiger partial charge in [-0.15, -0.1) is 11.3 Å². The third-order valence-corrected chi connectivity index (χ3v) is 8.57. The van der Waals surface area contributed by atoms with Gasteiger partial charge in [0.15, 0.2) is 0 Å². The molecule has 2 aromatic heterocycles. The van der Waals surface area contributed by atoms with Crippen LogP contribution in [0.15, 0.2) is 48.7 Å². The van der Waals surface area contributed by atoms with Crippen molar-refractivity contribution in [3.63, 3.8) is 0 Å². The predicted molar refractivity (Wildman–Crippen MR) is 139 cm³/mol. The maximum atomic E-state index is 13.6. The van der Waals surface area contributed by atoms with E-state index in [-0.39, 0.29) is 22.5 Å². The van der Waals surface area contributed by atoms with Crippen LogP contribution in [-0.4, -0.2) is 34.5 Å². The van der Waals surface area contributed by atoms with Crippen molar-refractivity contribution in [2.75, 3.05) is 11.4 Å². The summed E-state index contributed by atoms with van der Waals surface area (Å²) in [4.78, 5) is 32.0. The van der Waals surface area contributed by atoms with Gasteiger partial charge in [-0.2, -0.15) is 0 Å². The van der Waals surface area contributed by atoms with E-state index in [0.717, 1.165) is 19.0 Å². The Kier molecular flexibility index (Phi) is 7.24. The number of alkyl halides is 2. The van der Waals surface area contributed by atoms with E-state index in [9.17, 15) is 23.5 Å². The van der Waals surface area contributed by atoms with Crippen molar-refractivity contribution in [2.45, 2.75) is 43.8 Å². The highest BCUT2D eigenvalue weighted by Gasteiger charge is 2.52. The van der Waals surface area contributed by atoms with Crippen LogP contribution in [0, 0.1) is 5.92 Å². The van der Waals surface area contributed by atoms with E-state index in [4.69, 9.17) is 23.2 Å². The summed E-state index contributed by atoms with van der Waals surface area (Å²) in [6.07, 6.45) is 0.895. The molecule has 1 fully saturated rings. The molecule has 2 amide bonds. The molecule has 2 aliphatic rings. The van der Waals surface area contributed by atoms with Crippen LogP contribution >= 0.6 is 34.5 Å². The van der Waals surface area contributed by atoms with Gasteiger partial charge in [-0.05, 0) is 55.9 Å². The van der Waals surface area contributed by atoms with E-state index >= 15 is 0 Å². The van der Waals surface area contributed by atoms with Gasteiger partial charge in [0.25, 0.3) is 18.2 Å². The normalized spacial score (nSPS) is 23.4. The van der Waals surface area contributed by atoms with E-state index in [1.807, 2.05) is 12.1 Å². The van der Waals surface area contributed by atoms with Gasteiger partial charge in [0.2, 0.25) is 5.60 Å². The number of carbonyl (C=O) groups excluding carboxylic acids is 2. The van der Waals surface area contributed by atoms with E-state index in [1.165, 1.54) is 17.4 Å². The molecule has 1 aliphatic heterocycles. The number of benzene rings is 1. The molecule has 11 heteroatoms. The summed E-state index contributed by atoms with van der Waals surface area (Å²) in [6, 6.07) is 11.5. The number of nitrogens with one attached hydrogen (secondary N) is 1. The fourth-order valence-electron chi connectivity index (χ4n) is 5.18. The highest BCUT2D eigenvalue weighted by Crippen LogP contribution is 2.47. The van der Waals surface area contributed by atoms with Gasteiger partial charge in [0.05, 0.1) is 25.5 Å². The molecule has 3 heterocycles. The maximum Gasteiger partial charge on any atom is 0.281 e. The van der Waals surface area contributed by atoms with Gasteiger partial charge in [-0.1, -0.05) is 41.4 Å². The zero-order valence-electron chi connectivity index (χ0n) is 19.5. The van der Waals surface area contributed by atoms with Crippen LogP contribution in [0.2, 0.25) is 9.36 Å². The standard InChI is InChI=1S/C26H23Cl2F2N3O3S/c27-15-11-17(22(23(29)30)31-12-15)24(34)32-16-7-5-14(6-8-16)13-33-19-4-2-1-3-18(19)26(36,25(33)35)20-9-10-21(28)37-20/h1-4,9-12,14,16,23,36H,5-8,13H2,(H,32,34)/t14-,16-,26?. The summed E-state index contributed by atoms with van der Waals surface area (Å²) in [5.41, 5.74) is -1.40. The largest absolute Gasteiger partial charge is 0.371 e. The molecule has 1 unspecified atom stereocenters. The van der Waals surface area contributed by atoms with Crippen molar-refractivity contribution in [1.29, 1.82) is 0 Å². The topological polar surface area (TPSA) is 82.5 Å². The van der Waals surface area contributed by atoms with Crippen LogP contribution in [0.25, 0.3) is 0 Å². The lowest BCUT2D eigenvalue weighted by atomic mass is 9.85. The number of carbonyl (C=O) groups is 2. The van der Waals surface area contributed by atoms with Gasteiger partial charge in [-0.25, -0.2) is 8.78 Å². The maximum absolute atomic E-state index is 13.6. The molecule has 1 aliphatic carbocycles. The summed E-state index contributed by atoms with van der Waals surface area (Å²) >= 11 is 13.1. The second-order valence-electron chi connectivity index (χ2n) is 9.33. The summed E-state index contributed by atoms with van der Waals surface area (Å²) in [7, 11) is 0. The van der Waals surface area contributed by atoms with Crippen molar-refractivity contribution >= 4 is 52.0 Å². The number of rotatable bonds is 6. The number of thiophene rings is 1. The molecule has 1 aromatic carbocycles. The molecule has 1 saturated carbocycles. The van der Waals surface area contributed by atoms with Crippen molar-refractivity contribution in [3.05, 3.63) is 79.7 Å². The summed E-state index contributed by atoms with van der Waals surface area (Å²) in [6.45, 7) is 0.422. The molecular formula is C26H23Cl2F2N3O3S. The lowest BCUT2D eigenvalue weighted by Crippen LogP contribution is -2.44. The minimum absolute atomic E-state index is 0.110. The average Bonchev–Trinajstić information content (AvgIpc) is 3.41. The number of aromatic nitrogens is 1. The summed E-state index contributed by atoms with van der Waals surface area (Å²) in [5, 5.41) is 14.5. The van der Waals surface area contributed by atoms with Crippen LogP contribution in [0.5, 0.6) is 0 Å². The van der Waals surface area contributed by atoms with Crippen LogP contribution in [-0.2, 0) is 10.4 Å². The Hall–Kier alpha value is -2.59. The number of pyridine rings is 1. The van der Waals surface area contributed by atoms with E-state index in [0.29, 0.717) is 39.9 Å². The van der Waals surface area contributed by atoms with Crippen molar-refractivity contribution in [3.8, 4) is 0 Å². The van der Waals surface area contributed by atoms with Gasteiger partial charge in [0.1, 0.15) is 5.69 Å². The first-order valence-electron chi connectivity index (χ1n) is 11.8. The highest BCUT2D eigenvalue weighted by atomic mass is 35.5. The Morgan fingerprint density at radius 3 is 2.59 bits per heavy atom. The quantitative estimate of drug-likeness (QED) is 0.386. The molecule has 1 atom stereocenters. The molecule has 0 saturated heterocycles. The zero-order chi connectivity index (χ0) is 26.3. The van der Waals surface area contributed by atoms with Crippen molar-refractivity contribution in [2.24, 2.45) is 5.92 Å².